The van der Waals surface area contributed by atoms with Gasteiger partial charge in [-0.3, -0.25) is 4.79 Å². The molecule has 100 valence electrons. The zero-order chi connectivity index (χ0) is 13.4. The number of hydrogen-bond donors (Lipinski definition) is 1. The molecule has 1 N–H and O–H groups in total. The number of nitrogens with zero attached hydrogens (tertiary/aromatic N) is 4. The van der Waals surface area contributed by atoms with E-state index in [-0.39, 0.29) is 5.91 Å². The van der Waals surface area contributed by atoms with Crippen LogP contribution in [0, 0.1) is 0 Å². The Hall–Kier alpha value is -1.95. The van der Waals surface area contributed by atoms with Crippen LogP contribution in [0.1, 0.15) is 17.3 Å². The molecule has 1 aromatic heterocycles. The molecule has 6 nitrogen and oxygen atoms in total. The highest BCUT2D eigenvalue weighted by atomic mass is 16.2. The Morgan fingerprint density at radius 3 is 3.11 bits per heavy atom. The van der Waals surface area contributed by atoms with Crippen molar-refractivity contribution in [3.8, 4) is 0 Å². The van der Waals surface area contributed by atoms with Crippen LogP contribution in [0.25, 0.3) is 11.0 Å². The molecule has 0 spiro atoms. The standard InChI is InChI=1S/C13H17N5O/c1-9-8-18(6-5-14-9)13(19)10-3-4-12-11(7-10)15-16-17(12)2/h3-4,7,9,14H,5-6,8H2,1-2H3. The zero-order valence-corrected chi connectivity index (χ0v) is 11.1. The predicted octanol–water partition coefficient (Wildman–Crippen LogP) is 0.402. The SMILES string of the molecule is CC1CN(C(=O)c2ccc3c(c2)nnn3C)CCN1. The summed E-state index contributed by atoms with van der Waals surface area (Å²) in [6, 6.07) is 5.91. The summed E-state index contributed by atoms with van der Waals surface area (Å²) in [6.07, 6.45) is 0. The van der Waals surface area contributed by atoms with E-state index in [1.165, 1.54) is 0 Å². The van der Waals surface area contributed by atoms with Crippen molar-refractivity contribution < 1.29 is 4.79 Å². The lowest BCUT2D eigenvalue weighted by molar-refractivity contribution is 0.0709. The number of nitrogens with one attached hydrogen (secondary N) is 1. The molecule has 3 rings (SSSR count). The Balaban J connectivity index is 1.88. The van der Waals surface area contributed by atoms with Crippen LogP contribution in [-0.2, 0) is 7.05 Å². The largest absolute Gasteiger partial charge is 0.336 e. The average Bonchev–Trinajstić information content (AvgIpc) is 2.79. The van der Waals surface area contributed by atoms with Gasteiger partial charge in [-0.05, 0) is 25.1 Å². The molecule has 1 aliphatic rings. The first-order valence-electron chi connectivity index (χ1n) is 6.47. The van der Waals surface area contributed by atoms with Crippen LogP contribution in [0.5, 0.6) is 0 Å². The van der Waals surface area contributed by atoms with Gasteiger partial charge >= 0.3 is 0 Å². The number of carbonyl (C=O) groups excluding carboxylic acids is 1. The molecular formula is C13H17N5O. The van der Waals surface area contributed by atoms with Crippen LogP contribution < -0.4 is 5.32 Å². The highest BCUT2D eigenvalue weighted by Gasteiger charge is 2.22. The van der Waals surface area contributed by atoms with E-state index in [0.717, 1.165) is 30.7 Å². The van der Waals surface area contributed by atoms with Crippen molar-refractivity contribution in [1.29, 1.82) is 0 Å². The van der Waals surface area contributed by atoms with Gasteiger partial charge in [0.15, 0.2) is 0 Å². The number of rotatable bonds is 1. The number of fused-ring (bicyclic) bond motifs is 1. The number of hydrogen-bond acceptors (Lipinski definition) is 4. The van der Waals surface area contributed by atoms with Crippen molar-refractivity contribution >= 4 is 16.9 Å². The molecule has 6 heteroatoms. The molecule has 1 saturated heterocycles. The average molecular weight is 259 g/mol. The smallest absolute Gasteiger partial charge is 0.254 e. The minimum atomic E-state index is 0.0703. The number of piperazine rings is 1. The van der Waals surface area contributed by atoms with E-state index in [1.54, 1.807) is 4.68 Å². The van der Waals surface area contributed by atoms with Crippen LogP contribution in [-0.4, -0.2) is 51.5 Å². The van der Waals surface area contributed by atoms with Crippen molar-refractivity contribution in [2.75, 3.05) is 19.6 Å². The van der Waals surface area contributed by atoms with Gasteiger partial charge in [0.25, 0.3) is 5.91 Å². The molecule has 0 radical (unpaired) electrons. The molecule has 2 aromatic rings. The van der Waals surface area contributed by atoms with Crippen LogP contribution in [0.2, 0.25) is 0 Å². The number of carbonyl (C=O) groups is 1. The second-order valence-electron chi connectivity index (χ2n) is 5.02. The van der Waals surface area contributed by atoms with Gasteiger partial charge in [0.1, 0.15) is 5.52 Å². The lowest BCUT2D eigenvalue weighted by atomic mass is 10.1. The molecule has 1 fully saturated rings. The van der Waals surface area contributed by atoms with E-state index in [4.69, 9.17) is 0 Å². The Morgan fingerprint density at radius 1 is 1.47 bits per heavy atom. The van der Waals surface area contributed by atoms with Gasteiger partial charge in [-0.2, -0.15) is 0 Å². The van der Waals surface area contributed by atoms with Gasteiger partial charge in [-0.25, -0.2) is 4.68 Å². The summed E-state index contributed by atoms with van der Waals surface area (Å²) in [5.41, 5.74) is 2.38. The topological polar surface area (TPSA) is 63.1 Å². The minimum Gasteiger partial charge on any atom is -0.336 e. The summed E-state index contributed by atoms with van der Waals surface area (Å²) >= 11 is 0. The van der Waals surface area contributed by atoms with Crippen LogP contribution in [0.3, 0.4) is 0 Å². The highest BCUT2D eigenvalue weighted by Crippen LogP contribution is 2.15. The summed E-state index contributed by atoms with van der Waals surface area (Å²) in [4.78, 5) is 14.3. The second kappa shape index (κ2) is 4.62. The molecule has 1 unspecified atom stereocenters. The van der Waals surface area contributed by atoms with Crippen molar-refractivity contribution in [2.45, 2.75) is 13.0 Å². The summed E-state index contributed by atoms with van der Waals surface area (Å²) in [7, 11) is 1.84. The highest BCUT2D eigenvalue weighted by molar-refractivity contribution is 5.97. The molecule has 0 bridgehead atoms. The maximum atomic E-state index is 12.4. The summed E-state index contributed by atoms with van der Waals surface area (Å²) in [5.74, 6) is 0.0703. The number of aromatic nitrogens is 3. The van der Waals surface area contributed by atoms with E-state index in [9.17, 15) is 4.79 Å². The van der Waals surface area contributed by atoms with Crippen molar-refractivity contribution in [2.24, 2.45) is 7.05 Å². The van der Waals surface area contributed by atoms with E-state index >= 15 is 0 Å². The fraction of sp³-hybridized carbons (Fsp3) is 0.462. The molecule has 1 aliphatic heterocycles. The number of amides is 1. The second-order valence-corrected chi connectivity index (χ2v) is 5.02. The van der Waals surface area contributed by atoms with E-state index < -0.39 is 0 Å². The molecule has 0 aliphatic carbocycles. The third-order valence-corrected chi connectivity index (χ3v) is 3.51. The third-order valence-electron chi connectivity index (χ3n) is 3.51. The van der Waals surface area contributed by atoms with Crippen molar-refractivity contribution in [3.05, 3.63) is 23.8 Å². The van der Waals surface area contributed by atoms with Gasteiger partial charge in [-0.1, -0.05) is 5.21 Å². The molecule has 1 amide bonds. The van der Waals surface area contributed by atoms with Gasteiger partial charge < -0.3 is 10.2 Å². The zero-order valence-electron chi connectivity index (χ0n) is 11.1. The molecule has 1 aromatic carbocycles. The van der Waals surface area contributed by atoms with Gasteiger partial charge in [0, 0.05) is 38.3 Å². The van der Waals surface area contributed by atoms with Crippen molar-refractivity contribution in [1.82, 2.24) is 25.2 Å². The fourth-order valence-corrected chi connectivity index (χ4v) is 2.47. The normalized spacial score (nSPS) is 19.9. The Labute approximate surface area is 111 Å². The lowest BCUT2D eigenvalue weighted by Gasteiger charge is -2.31. The summed E-state index contributed by atoms with van der Waals surface area (Å²) in [5, 5.41) is 11.3. The summed E-state index contributed by atoms with van der Waals surface area (Å²) in [6.45, 7) is 4.44. The Bertz CT molecular complexity index is 621. The fourth-order valence-electron chi connectivity index (χ4n) is 2.47. The maximum absolute atomic E-state index is 12.4. The maximum Gasteiger partial charge on any atom is 0.254 e. The summed E-state index contributed by atoms with van der Waals surface area (Å²) < 4.78 is 1.70. The first-order valence-corrected chi connectivity index (χ1v) is 6.47. The van der Waals surface area contributed by atoms with Gasteiger partial charge in [-0.15, -0.1) is 5.10 Å². The van der Waals surface area contributed by atoms with Crippen molar-refractivity contribution in [3.63, 3.8) is 0 Å². The van der Waals surface area contributed by atoms with Gasteiger partial charge in [0.2, 0.25) is 0 Å². The number of aryl methyl sites for hydroxylation is 1. The lowest BCUT2D eigenvalue weighted by Crippen LogP contribution is -2.51. The first kappa shape index (κ1) is 12.1. The Morgan fingerprint density at radius 2 is 2.32 bits per heavy atom. The van der Waals surface area contributed by atoms with E-state index in [1.807, 2.05) is 30.1 Å². The molecule has 2 heterocycles. The molecule has 0 saturated carbocycles. The number of benzene rings is 1. The molecule has 1 atom stereocenters. The van der Waals surface area contributed by atoms with E-state index in [2.05, 4.69) is 22.6 Å². The van der Waals surface area contributed by atoms with E-state index in [0.29, 0.717) is 11.6 Å². The monoisotopic (exact) mass is 259 g/mol. The Kier molecular flexibility index (Phi) is 2.94. The third kappa shape index (κ3) is 2.19. The predicted molar refractivity (Wildman–Crippen MR) is 71.9 cm³/mol. The first-order chi connectivity index (χ1) is 9.15. The molecular weight excluding hydrogens is 242 g/mol. The quantitative estimate of drug-likeness (QED) is 0.805. The van der Waals surface area contributed by atoms with Crippen LogP contribution >= 0.6 is 0 Å². The van der Waals surface area contributed by atoms with Gasteiger partial charge in [0.05, 0.1) is 5.52 Å². The van der Waals surface area contributed by atoms with Crippen LogP contribution in [0.15, 0.2) is 18.2 Å². The minimum absolute atomic E-state index is 0.0703. The molecule has 19 heavy (non-hydrogen) atoms. The van der Waals surface area contributed by atoms with Crippen LogP contribution in [0.4, 0.5) is 0 Å².